The highest BCUT2D eigenvalue weighted by atomic mass is 16.5. The standard InChI is InChI=1S/C26H40N2O4/c1-21(13-19-27-15-5-3-6-16-27)31-25(29)23-9-11-24(12-10-23)26(30)32-22(2)14-20-28-17-7-4-8-18-28/h9-12,21-22H,3-8,13-20H2,1-2H3. The van der Waals surface area contributed by atoms with Crippen LogP contribution >= 0.6 is 0 Å². The lowest BCUT2D eigenvalue weighted by molar-refractivity contribution is 0.0282. The van der Waals surface area contributed by atoms with Gasteiger partial charge in [0, 0.05) is 13.1 Å². The summed E-state index contributed by atoms with van der Waals surface area (Å²) in [5.74, 6) is -0.683. The molecule has 1 aromatic rings. The maximum Gasteiger partial charge on any atom is 0.338 e. The first kappa shape index (κ1) is 24.7. The average molecular weight is 445 g/mol. The van der Waals surface area contributed by atoms with Gasteiger partial charge in [-0.1, -0.05) is 12.8 Å². The zero-order valence-electron chi connectivity index (χ0n) is 19.9. The van der Waals surface area contributed by atoms with Crippen LogP contribution in [0.1, 0.15) is 85.9 Å². The van der Waals surface area contributed by atoms with Crippen molar-refractivity contribution in [2.24, 2.45) is 0 Å². The van der Waals surface area contributed by atoms with E-state index in [1.165, 1.54) is 38.5 Å². The first-order valence-electron chi connectivity index (χ1n) is 12.5. The van der Waals surface area contributed by atoms with E-state index in [0.29, 0.717) is 11.1 Å². The minimum atomic E-state index is -0.342. The van der Waals surface area contributed by atoms with E-state index in [0.717, 1.165) is 52.1 Å². The van der Waals surface area contributed by atoms with E-state index in [-0.39, 0.29) is 24.1 Å². The molecule has 0 radical (unpaired) electrons. The molecule has 2 unspecified atom stereocenters. The molecule has 2 fully saturated rings. The molecule has 0 amide bonds. The molecule has 2 atom stereocenters. The van der Waals surface area contributed by atoms with Gasteiger partial charge in [-0.15, -0.1) is 0 Å². The number of likely N-dealkylation sites (tertiary alicyclic amines) is 2. The van der Waals surface area contributed by atoms with Crippen LogP contribution in [0.3, 0.4) is 0 Å². The van der Waals surface area contributed by atoms with Crippen molar-refractivity contribution in [3.05, 3.63) is 35.4 Å². The molecule has 0 aromatic heterocycles. The summed E-state index contributed by atoms with van der Waals surface area (Å²) in [7, 11) is 0. The number of esters is 2. The Morgan fingerprint density at radius 2 is 1.03 bits per heavy atom. The predicted octanol–water partition coefficient (Wildman–Crippen LogP) is 4.53. The lowest BCUT2D eigenvalue weighted by Crippen LogP contribution is -2.32. The second-order valence-electron chi connectivity index (χ2n) is 9.39. The number of benzene rings is 1. The topological polar surface area (TPSA) is 59.1 Å². The van der Waals surface area contributed by atoms with Crippen molar-refractivity contribution in [2.45, 2.75) is 77.4 Å². The molecule has 0 N–H and O–H groups in total. The fraction of sp³-hybridized carbons (Fsp3) is 0.692. The van der Waals surface area contributed by atoms with Crippen LogP contribution in [0.5, 0.6) is 0 Å². The second-order valence-corrected chi connectivity index (χ2v) is 9.39. The van der Waals surface area contributed by atoms with Gasteiger partial charge in [0.05, 0.1) is 11.1 Å². The molecule has 2 aliphatic heterocycles. The summed E-state index contributed by atoms with van der Waals surface area (Å²) >= 11 is 0. The summed E-state index contributed by atoms with van der Waals surface area (Å²) in [5.41, 5.74) is 0.925. The maximum atomic E-state index is 12.4. The molecular formula is C26H40N2O4. The van der Waals surface area contributed by atoms with Crippen LogP contribution < -0.4 is 0 Å². The Morgan fingerprint density at radius 3 is 1.38 bits per heavy atom. The number of carbonyl (C=O) groups is 2. The van der Waals surface area contributed by atoms with Gasteiger partial charge < -0.3 is 19.3 Å². The van der Waals surface area contributed by atoms with Gasteiger partial charge >= 0.3 is 11.9 Å². The molecule has 0 saturated carbocycles. The lowest BCUT2D eigenvalue weighted by atomic mass is 10.1. The Bertz CT molecular complexity index is 648. The van der Waals surface area contributed by atoms with Crippen molar-refractivity contribution in [1.29, 1.82) is 0 Å². The van der Waals surface area contributed by atoms with Crippen molar-refractivity contribution < 1.29 is 19.1 Å². The summed E-state index contributed by atoms with van der Waals surface area (Å²) in [6, 6.07) is 6.59. The molecule has 0 spiro atoms. The molecule has 2 heterocycles. The van der Waals surface area contributed by atoms with Gasteiger partial charge in [-0.2, -0.15) is 0 Å². The number of hydrogen-bond donors (Lipinski definition) is 0. The molecule has 6 nitrogen and oxygen atoms in total. The molecule has 0 bridgehead atoms. The first-order chi connectivity index (χ1) is 15.5. The molecule has 2 aliphatic rings. The van der Waals surface area contributed by atoms with Crippen LogP contribution in [0.4, 0.5) is 0 Å². The average Bonchev–Trinajstić information content (AvgIpc) is 2.83. The second kappa shape index (κ2) is 12.9. The van der Waals surface area contributed by atoms with E-state index in [9.17, 15) is 9.59 Å². The van der Waals surface area contributed by atoms with Gasteiger partial charge in [-0.25, -0.2) is 9.59 Å². The van der Waals surface area contributed by atoms with Crippen molar-refractivity contribution >= 4 is 11.9 Å². The summed E-state index contributed by atoms with van der Waals surface area (Å²) in [4.78, 5) is 29.8. The largest absolute Gasteiger partial charge is 0.459 e. The fourth-order valence-electron chi connectivity index (χ4n) is 4.46. The number of rotatable bonds is 10. The molecular weight excluding hydrogens is 404 g/mol. The molecule has 6 heteroatoms. The Labute approximate surface area is 193 Å². The molecule has 1 aromatic carbocycles. The van der Waals surface area contributed by atoms with Crippen LogP contribution in [-0.4, -0.2) is 73.2 Å². The first-order valence-corrected chi connectivity index (χ1v) is 12.5. The van der Waals surface area contributed by atoms with Crippen LogP contribution in [-0.2, 0) is 9.47 Å². The summed E-state index contributed by atoms with van der Waals surface area (Å²) in [6.45, 7) is 10.4. The highest BCUT2D eigenvalue weighted by Gasteiger charge is 2.18. The quantitative estimate of drug-likeness (QED) is 0.494. The van der Waals surface area contributed by atoms with Crippen LogP contribution in [0.25, 0.3) is 0 Å². The number of piperidine rings is 2. The van der Waals surface area contributed by atoms with Gasteiger partial charge in [0.25, 0.3) is 0 Å². The summed E-state index contributed by atoms with van der Waals surface area (Å²) < 4.78 is 11.2. The van der Waals surface area contributed by atoms with Crippen LogP contribution in [0, 0.1) is 0 Å². The SMILES string of the molecule is CC(CCN1CCCCC1)OC(=O)c1ccc(C(=O)OC(C)CCN2CCCCC2)cc1. The third kappa shape index (κ3) is 8.21. The summed E-state index contributed by atoms with van der Waals surface area (Å²) in [5, 5.41) is 0. The van der Waals surface area contributed by atoms with Crippen molar-refractivity contribution in [1.82, 2.24) is 9.80 Å². The molecule has 3 rings (SSSR count). The van der Waals surface area contributed by atoms with E-state index in [4.69, 9.17) is 9.47 Å². The Balaban J connectivity index is 1.38. The zero-order valence-corrected chi connectivity index (χ0v) is 19.9. The van der Waals surface area contributed by atoms with Crippen molar-refractivity contribution in [3.63, 3.8) is 0 Å². The third-order valence-electron chi connectivity index (χ3n) is 6.57. The highest BCUT2D eigenvalue weighted by Crippen LogP contribution is 2.14. The minimum absolute atomic E-state index is 0.130. The Hall–Kier alpha value is -1.92. The van der Waals surface area contributed by atoms with Gasteiger partial charge in [0.1, 0.15) is 12.2 Å². The lowest BCUT2D eigenvalue weighted by Gasteiger charge is -2.27. The number of ether oxygens (including phenoxy) is 2. The van der Waals surface area contributed by atoms with E-state index in [2.05, 4.69) is 9.80 Å². The minimum Gasteiger partial charge on any atom is -0.459 e. The van der Waals surface area contributed by atoms with Crippen LogP contribution in [0.2, 0.25) is 0 Å². The predicted molar refractivity (Wildman–Crippen MR) is 126 cm³/mol. The van der Waals surface area contributed by atoms with Gasteiger partial charge in [0.2, 0.25) is 0 Å². The van der Waals surface area contributed by atoms with E-state index in [1.807, 2.05) is 13.8 Å². The molecule has 178 valence electrons. The number of carbonyl (C=O) groups excluding carboxylic acids is 2. The maximum absolute atomic E-state index is 12.4. The third-order valence-corrected chi connectivity index (χ3v) is 6.57. The van der Waals surface area contributed by atoms with Gasteiger partial charge in [-0.05, 0) is 103 Å². The van der Waals surface area contributed by atoms with E-state index >= 15 is 0 Å². The molecule has 32 heavy (non-hydrogen) atoms. The summed E-state index contributed by atoms with van der Waals surface area (Å²) in [6.07, 6.45) is 9.12. The smallest absolute Gasteiger partial charge is 0.338 e. The van der Waals surface area contributed by atoms with Gasteiger partial charge in [-0.3, -0.25) is 0 Å². The molecule has 0 aliphatic carbocycles. The monoisotopic (exact) mass is 444 g/mol. The Morgan fingerprint density at radius 1 is 0.688 bits per heavy atom. The fourth-order valence-corrected chi connectivity index (χ4v) is 4.46. The normalized spacial score (nSPS) is 19.8. The zero-order chi connectivity index (χ0) is 22.8. The molecule has 2 saturated heterocycles. The van der Waals surface area contributed by atoms with E-state index < -0.39 is 0 Å². The van der Waals surface area contributed by atoms with Gasteiger partial charge in [0.15, 0.2) is 0 Å². The van der Waals surface area contributed by atoms with E-state index in [1.54, 1.807) is 24.3 Å². The van der Waals surface area contributed by atoms with Crippen molar-refractivity contribution in [3.8, 4) is 0 Å². The Kier molecular flexibility index (Phi) is 10.0. The van der Waals surface area contributed by atoms with Crippen LogP contribution in [0.15, 0.2) is 24.3 Å². The number of nitrogens with zero attached hydrogens (tertiary/aromatic N) is 2. The van der Waals surface area contributed by atoms with Crippen molar-refractivity contribution in [2.75, 3.05) is 39.3 Å². The number of hydrogen-bond acceptors (Lipinski definition) is 6. The highest BCUT2D eigenvalue weighted by molar-refractivity contribution is 5.93.